The summed E-state index contributed by atoms with van der Waals surface area (Å²) < 4.78 is 27.5. The molecule has 0 radical (unpaired) electrons. The quantitative estimate of drug-likeness (QED) is 0.680. The summed E-state index contributed by atoms with van der Waals surface area (Å²) in [5, 5.41) is 13.0. The average molecular weight is 406 g/mol. The minimum absolute atomic E-state index is 0.0460. The van der Waals surface area contributed by atoms with Crippen LogP contribution in [-0.4, -0.2) is 26.8 Å². The van der Waals surface area contributed by atoms with Gasteiger partial charge in [-0.2, -0.15) is 0 Å². The molecule has 1 aromatic heterocycles. The number of halogens is 3. The Morgan fingerprint density at radius 3 is 2.57 bits per heavy atom. The summed E-state index contributed by atoms with van der Waals surface area (Å²) in [6.45, 7) is 1.37. The van der Waals surface area contributed by atoms with Crippen LogP contribution in [0.15, 0.2) is 42.5 Å². The van der Waals surface area contributed by atoms with E-state index in [1.165, 1.54) is 10.7 Å². The van der Waals surface area contributed by atoms with Gasteiger partial charge in [0.15, 0.2) is 17.3 Å². The van der Waals surface area contributed by atoms with Crippen molar-refractivity contribution in [1.82, 2.24) is 15.0 Å². The second-order valence-corrected chi connectivity index (χ2v) is 6.20. The maximum absolute atomic E-state index is 13.3. The number of benzene rings is 2. The van der Waals surface area contributed by atoms with E-state index in [0.717, 1.165) is 12.1 Å². The van der Waals surface area contributed by atoms with E-state index in [2.05, 4.69) is 20.9 Å². The number of hydrogen-bond donors (Lipinski definition) is 2. The molecule has 10 heteroatoms. The lowest BCUT2D eigenvalue weighted by Crippen LogP contribution is -2.21. The molecule has 0 saturated heterocycles. The van der Waals surface area contributed by atoms with Gasteiger partial charge in [-0.25, -0.2) is 13.5 Å². The number of hydrogen-bond acceptors (Lipinski definition) is 4. The third kappa shape index (κ3) is 4.32. The molecule has 3 aromatic rings. The highest BCUT2D eigenvalue weighted by molar-refractivity contribution is 6.33. The summed E-state index contributed by atoms with van der Waals surface area (Å²) in [7, 11) is 0. The van der Waals surface area contributed by atoms with Crippen LogP contribution in [0.1, 0.15) is 16.2 Å². The summed E-state index contributed by atoms with van der Waals surface area (Å²) in [5.74, 6) is -3.19. The molecular weight excluding hydrogens is 392 g/mol. The highest BCUT2D eigenvalue weighted by atomic mass is 35.5. The van der Waals surface area contributed by atoms with E-state index in [1.807, 2.05) is 0 Å². The normalized spacial score (nSPS) is 10.6. The van der Waals surface area contributed by atoms with E-state index in [-0.39, 0.29) is 17.9 Å². The minimum Gasteiger partial charge on any atom is -0.323 e. The predicted octanol–water partition coefficient (Wildman–Crippen LogP) is 3.41. The molecule has 28 heavy (non-hydrogen) atoms. The molecule has 0 saturated carbocycles. The zero-order chi connectivity index (χ0) is 20.3. The topological polar surface area (TPSA) is 88.9 Å². The van der Waals surface area contributed by atoms with Crippen LogP contribution in [0.5, 0.6) is 0 Å². The van der Waals surface area contributed by atoms with Crippen molar-refractivity contribution < 1.29 is 18.4 Å². The van der Waals surface area contributed by atoms with E-state index in [0.29, 0.717) is 16.4 Å². The van der Waals surface area contributed by atoms with E-state index < -0.39 is 23.4 Å². The lowest BCUT2D eigenvalue weighted by atomic mass is 10.2. The number of rotatable bonds is 5. The molecule has 0 aliphatic carbocycles. The lowest BCUT2D eigenvalue weighted by molar-refractivity contribution is -0.117. The molecule has 0 bridgehead atoms. The summed E-state index contributed by atoms with van der Waals surface area (Å²) in [6, 6.07) is 9.71. The Bertz CT molecular complexity index is 1050. The number of amides is 2. The highest BCUT2D eigenvalue weighted by Gasteiger charge is 2.19. The fraction of sp³-hybridized carbons (Fsp3) is 0.111. The first-order valence-electron chi connectivity index (χ1n) is 8.06. The first-order valence-corrected chi connectivity index (χ1v) is 8.44. The van der Waals surface area contributed by atoms with Gasteiger partial charge in [0, 0.05) is 11.8 Å². The van der Waals surface area contributed by atoms with Crippen LogP contribution in [0.25, 0.3) is 0 Å². The van der Waals surface area contributed by atoms with Crippen molar-refractivity contribution in [2.45, 2.75) is 13.5 Å². The summed E-state index contributed by atoms with van der Waals surface area (Å²) in [5.41, 5.74) is 0.794. The first-order chi connectivity index (χ1) is 13.3. The van der Waals surface area contributed by atoms with Crippen molar-refractivity contribution in [3.05, 3.63) is 70.5 Å². The van der Waals surface area contributed by atoms with E-state index in [1.54, 1.807) is 31.2 Å². The van der Waals surface area contributed by atoms with Gasteiger partial charge >= 0.3 is 0 Å². The second kappa shape index (κ2) is 8.13. The Labute approximate surface area is 163 Å². The zero-order valence-electron chi connectivity index (χ0n) is 14.5. The van der Waals surface area contributed by atoms with Crippen molar-refractivity contribution in [2.24, 2.45) is 0 Å². The molecule has 2 aromatic carbocycles. The van der Waals surface area contributed by atoms with Crippen molar-refractivity contribution in [3.8, 4) is 0 Å². The Hall–Kier alpha value is -3.33. The fourth-order valence-corrected chi connectivity index (χ4v) is 2.56. The average Bonchev–Trinajstić information content (AvgIpc) is 3.01. The first kappa shape index (κ1) is 19.4. The number of carbonyl (C=O) groups is 2. The van der Waals surface area contributed by atoms with Crippen LogP contribution in [-0.2, 0) is 11.3 Å². The molecular formula is C18H14ClF2N5O2. The van der Waals surface area contributed by atoms with Crippen LogP contribution in [0.4, 0.5) is 20.2 Å². The Balaban J connectivity index is 1.69. The summed E-state index contributed by atoms with van der Waals surface area (Å²) >= 11 is 5.99. The molecule has 2 N–H and O–H groups in total. The second-order valence-electron chi connectivity index (χ2n) is 5.79. The van der Waals surface area contributed by atoms with Gasteiger partial charge in [0.25, 0.3) is 5.91 Å². The Kier molecular flexibility index (Phi) is 5.65. The molecule has 1 heterocycles. The van der Waals surface area contributed by atoms with Gasteiger partial charge < -0.3 is 10.6 Å². The number of para-hydroxylation sites is 1. The minimum atomic E-state index is -1.09. The highest BCUT2D eigenvalue weighted by Crippen LogP contribution is 2.20. The molecule has 144 valence electrons. The van der Waals surface area contributed by atoms with Crippen LogP contribution in [0, 0.1) is 18.6 Å². The van der Waals surface area contributed by atoms with E-state index in [9.17, 15) is 18.4 Å². The molecule has 0 aliphatic rings. The van der Waals surface area contributed by atoms with Crippen molar-refractivity contribution >= 4 is 34.8 Å². The molecule has 2 amide bonds. The van der Waals surface area contributed by atoms with Gasteiger partial charge in [-0.05, 0) is 31.2 Å². The van der Waals surface area contributed by atoms with Crippen LogP contribution < -0.4 is 10.6 Å². The smallest absolute Gasteiger partial charge is 0.278 e. The van der Waals surface area contributed by atoms with Crippen LogP contribution in [0.3, 0.4) is 0 Å². The monoisotopic (exact) mass is 405 g/mol. The Morgan fingerprint density at radius 1 is 1.11 bits per heavy atom. The lowest BCUT2D eigenvalue weighted by Gasteiger charge is -2.08. The van der Waals surface area contributed by atoms with Crippen molar-refractivity contribution in [3.63, 3.8) is 0 Å². The van der Waals surface area contributed by atoms with Crippen molar-refractivity contribution in [1.29, 1.82) is 0 Å². The summed E-state index contributed by atoms with van der Waals surface area (Å²) in [4.78, 5) is 24.5. The number of nitrogens with zero attached hydrogens (tertiary/aromatic N) is 3. The van der Waals surface area contributed by atoms with Gasteiger partial charge in [-0.15, -0.1) is 5.10 Å². The third-order valence-corrected chi connectivity index (χ3v) is 4.15. The molecule has 0 fully saturated rings. The molecule has 0 spiro atoms. The van der Waals surface area contributed by atoms with Gasteiger partial charge in [0.2, 0.25) is 5.91 Å². The van der Waals surface area contributed by atoms with Gasteiger partial charge in [0.05, 0.1) is 16.4 Å². The van der Waals surface area contributed by atoms with Crippen LogP contribution >= 0.6 is 11.6 Å². The van der Waals surface area contributed by atoms with Crippen molar-refractivity contribution in [2.75, 3.05) is 10.6 Å². The molecule has 0 atom stereocenters. The van der Waals surface area contributed by atoms with Gasteiger partial charge in [-0.1, -0.05) is 28.9 Å². The summed E-state index contributed by atoms with van der Waals surface area (Å²) in [6.07, 6.45) is 0. The Morgan fingerprint density at radius 2 is 1.86 bits per heavy atom. The van der Waals surface area contributed by atoms with Gasteiger partial charge in [0.1, 0.15) is 6.54 Å². The molecule has 0 aliphatic heterocycles. The maximum atomic E-state index is 13.3. The maximum Gasteiger partial charge on any atom is 0.278 e. The largest absolute Gasteiger partial charge is 0.323 e. The number of carbonyl (C=O) groups excluding carboxylic acids is 2. The molecule has 0 unspecified atom stereocenters. The molecule has 7 nitrogen and oxygen atoms in total. The SMILES string of the molecule is Cc1c(C(=O)Nc2ccc(F)c(F)c2)nnn1CC(=O)Nc1ccccc1Cl. The number of aromatic nitrogens is 3. The predicted molar refractivity (Wildman–Crippen MR) is 99.2 cm³/mol. The van der Waals surface area contributed by atoms with E-state index in [4.69, 9.17) is 11.6 Å². The zero-order valence-corrected chi connectivity index (χ0v) is 15.3. The fourth-order valence-electron chi connectivity index (χ4n) is 2.37. The van der Waals surface area contributed by atoms with Gasteiger partial charge in [-0.3, -0.25) is 9.59 Å². The van der Waals surface area contributed by atoms with Crippen LogP contribution in [0.2, 0.25) is 5.02 Å². The number of nitrogens with one attached hydrogen (secondary N) is 2. The number of anilines is 2. The van der Waals surface area contributed by atoms with E-state index >= 15 is 0 Å². The standard InChI is InChI=1S/C18H14ClF2N5O2/c1-10-17(18(28)22-11-6-7-13(20)14(21)8-11)24-25-26(10)9-16(27)23-15-5-3-2-4-12(15)19/h2-8H,9H2,1H3,(H,22,28)(H,23,27). The molecule has 3 rings (SSSR count). The third-order valence-electron chi connectivity index (χ3n) is 3.82.